The van der Waals surface area contributed by atoms with Gasteiger partial charge >= 0.3 is 0 Å². The Balaban J connectivity index is 2.23. The number of hydrogen-bond donors (Lipinski definition) is 0. The molecule has 0 fully saturated rings. The van der Waals surface area contributed by atoms with E-state index in [1.165, 1.54) is 12.2 Å². The fourth-order valence-corrected chi connectivity index (χ4v) is 1.69. The molecule has 86 valence electrons. The van der Waals surface area contributed by atoms with Gasteiger partial charge in [-0.2, -0.15) is 0 Å². The zero-order valence-corrected chi connectivity index (χ0v) is 11.0. The van der Waals surface area contributed by atoms with Gasteiger partial charge in [-0.3, -0.25) is 4.79 Å². The van der Waals surface area contributed by atoms with Crippen LogP contribution in [0.4, 0.5) is 0 Å². The van der Waals surface area contributed by atoms with Gasteiger partial charge < -0.3 is 4.42 Å². The van der Waals surface area contributed by atoms with Gasteiger partial charge in [0.25, 0.3) is 0 Å². The van der Waals surface area contributed by atoms with Crippen molar-refractivity contribution < 1.29 is 9.21 Å². The lowest BCUT2D eigenvalue weighted by Crippen LogP contribution is -1.74. The molecule has 0 aliphatic rings. The van der Waals surface area contributed by atoms with Crippen LogP contribution < -0.4 is 0 Å². The first-order valence-electron chi connectivity index (χ1n) is 4.88. The fourth-order valence-electron chi connectivity index (χ4n) is 1.36. The molecule has 0 spiro atoms. The molecule has 0 amide bonds. The second-order valence-corrected chi connectivity index (χ2v) is 4.63. The third-order valence-electron chi connectivity index (χ3n) is 2.13. The molecule has 2 nitrogen and oxygen atoms in total. The smallest absolute Gasteiger partial charge is 0.245 e. The van der Waals surface area contributed by atoms with Gasteiger partial charge in [0.15, 0.2) is 0 Å². The van der Waals surface area contributed by atoms with Gasteiger partial charge in [0, 0.05) is 16.1 Å². The summed E-state index contributed by atoms with van der Waals surface area (Å²) in [7, 11) is 0. The Morgan fingerprint density at radius 1 is 1.18 bits per heavy atom. The van der Waals surface area contributed by atoms with Gasteiger partial charge in [0.2, 0.25) is 5.24 Å². The van der Waals surface area contributed by atoms with Crippen LogP contribution in [0.2, 0.25) is 0 Å². The van der Waals surface area contributed by atoms with Gasteiger partial charge in [0.05, 0.1) is 0 Å². The van der Waals surface area contributed by atoms with Crippen LogP contribution in [-0.4, -0.2) is 5.24 Å². The maximum absolute atomic E-state index is 10.6. The molecule has 17 heavy (non-hydrogen) atoms. The van der Waals surface area contributed by atoms with Crippen molar-refractivity contribution >= 4 is 38.8 Å². The lowest BCUT2D eigenvalue weighted by atomic mass is 10.2. The van der Waals surface area contributed by atoms with Crippen molar-refractivity contribution in [1.29, 1.82) is 0 Å². The molecule has 0 bridgehead atoms. The van der Waals surface area contributed by atoms with Gasteiger partial charge in [-0.05, 0) is 41.9 Å². The number of carbonyl (C=O) groups is 1. The van der Waals surface area contributed by atoms with Crippen LogP contribution in [0, 0.1) is 0 Å². The average Bonchev–Trinajstić information content (AvgIpc) is 2.76. The largest absolute Gasteiger partial charge is 0.457 e. The molecule has 0 aliphatic heterocycles. The van der Waals surface area contributed by atoms with Crippen LogP contribution in [0.15, 0.2) is 51.4 Å². The lowest BCUT2D eigenvalue weighted by molar-refractivity contribution is -0.107. The topological polar surface area (TPSA) is 30.2 Å². The minimum absolute atomic E-state index is 0.522. The normalized spacial score (nSPS) is 10.9. The van der Waals surface area contributed by atoms with Crippen LogP contribution in [0.1, 0.15) is 5.76 Å². The molecule has 1 aromatic heterocycles. The molecule has 0 aliphatic carbocycles. The predicted octanol–water partition coefficient (Wildman–Crippen LogP) is 4.49. The molecule has 2 rings (SSSR count). The highest BCUT2D eigenvalue weighted by atomic mass is 79.9. The van der Waals surface area contributed by atoms with Crippen molar-refractivity contribution in [3.05, 3.63) is 52.7 Å². The zero-order valence-electron chi connectivity index (χ0n) is 8.69. The first-order chi connectivity index (χ1) is 8.15. The Morgan fingerprint density at radius 2 is 1.88 bits per heavy atom. The van der Waals surface area contributed by atoms with Crippen LogP contribution in [0.3, 0.4) is 0 Å². The second-order valence-electron chi connectivity index (χ2n) is 3.35. The molecule has 0 atom stereocenters. The van der Waals surface area contributed by atoms with E-state index in [1.807, 2.05) is 30.3 Å². The summed E-state index contributed by atoms with van der Waals surface area (Å²) in [5.74, 6) is 1.34. The Bertz CT molecular complexity index is 555. The molecule has 0 saturated carbocycles. The van der Waals surface area contributed by atoms with E-state index in [9.17, 15) is 4.79 Å². The van der Waals surface area contributed by atoms with Gasteiger partial charge in [-0.15, -0.1) is 0 Å². The molecule has 0 radical (unpaired) electrons. The highest BCUT2D eigenvalue weighted by molar-refractivity contribution is 9.10. The molecule has 2 aromatic rings. The number of rotatable bonds is 3. The minimum atomic E-state index is -0.522. The average molecular weight is 312 g/mol. The number of benzene rings is 1. The number of halogens is 2. The highest BCUT2D eigenvalue weighted by Gasteiger charge is 2.02. The molecule has 0 saturated heterocycles. The van der Waals surface area contributed by atoms with Crippen molar-refractivity contribution in [2.45, 2.75) is 0 Å². The summed E-state index contributed by atoms with van der Waals surface area (Å²) in [6.07, 6.45) is 2.80. The molecule has 4 heteroatoms. The lowest BCUT2D eigenvalue weighted by Gasteiger charge is -1.96. The van der Waals surface area contributed by atoms with Crippen LogP contribution in [-0.2, 0) is 4.79 Å². The number of allylic oxidation sites excluding steroid dienone is 1. The van der Waals surface area contributed by atoms with Crippen LogP contribution >= 0.6 is 27.5 Å². The van der Waals surface area contributed by atoms with Crippen molar-refractivity contribution in [2.75, 3.05) is 0 Å². The molecular weight excluding hydrogens is 303 g/mol. The molecule has 1 aromatic carbocycles. The maximum Gasteiger partial charge on any atom is 0.245 e. The van der Waals surface area contributed by atoms with E-state index in [0.29, 0.717) is 5.76 Å². The predicted molar refractivity (Wildman–Crippen MR) is 71.7 cm³/mol. The second kappa shape index (κ2) is 5.34. The monoisotopic (exact) mass is 310 g/mol. The van der Waals surface area contributed by atoms with Crippen molar-refractivity contribution in [2.24, 2.45) is 0 Å². The Morgan fingerprint density at radius 3 is 2.53 bits per heavy atom. The standard InChI is InChI=1S/C13H8BrClO2/c14-10-3-1-9(2-4-10)12-7-5-11(17-12)6-8-13(15)16/h1-8H. The van der Waals surface area contributed by atoms with Crippen LogP contribution in [0.5, 0.6) is 0 Å². The quantitative estimate of drug-likeness (QED) is 0.617. The van der Waals surface area contributed by atoms with Gasteiger partial charge in [-0.1, -0.05) is 28.1 Å². The van der Waals surface area contributed by atoms with Crippen molar-refractivity contribution in [3.63, 3.8) is 0 Å². The third-order valence-corrected chi connectivity index (χ3v) is 2.79. The van der Waals surface area contributed by atoms with E-state index >= 15 is 0 Å². The number of hydrogen-bond acceptors (Lipinski definition) is 2. The minimum Gasteiger partial charge on any atom is -0.457 e. The maximum atomic E-state index is 10.6. The van der Waals surface area contributed by atoms with Gasteiger partial charge in [0.1, 0.15) is 11.5 Å². The highest BCUT2D eigenvalue weighted by Crippen LogP contribution is 2.24. The van der Waals surface area contributed by atoms with Crippen molar-refractivity contribution in [3.8, 4) is 11.3 Å². The Kier molecular flexibility index (Phi) is 3.82. The van der Waals surface area contributed by atoms with Crippen LogP contribution in [0.25, 0.3) is 17.4 Å². The van der Waals surface area contributed by atoms with E-state index < -0.39 is 5.24 Å². The zero-order chi connectivity index (χ0) is 12.3. The summed E-state index contributed by atoms with van der Waals surface area (Å²) >= 11 is 8.57. The van der Waals surface area contributed by atoms with Gasteiger partial charge in [-0.25, -0.2) is 0 Å². The Hall–Kier alpha value is -1.32. The van der Waals surface area contributed by atoms with E-state index in [2.05, 4.69) is 15.9 Å². The van der Waals surface area contributed by atoms with E-state index in [-0.39, 0.29) is 0 Å². The number of carbonyl (C=O) groups excluding carboxylic acids is 1. The third kappa shape index (κ3) is 3.32. The van der Waals surface area contributed by atoms with E-state index in [4.69, 9.17) is 16.0 Å². The molecule has 0 unspecified atom stereocenters. The van der Waals surface area contributed by atoms with Crippen molar-refractivity contribution in [1.82, 2.24) is 0 Å². The molecule has 1 heterocycles. The first-order valence-corrected chi connectivity index (χ1v) is 6.05. The summed E-state index contributed by atoms with van der Waals surface area (Å²) in [6, 6.07) is 11.4. The summed E-state index contributed by atoms with van der Waals surface area (Å²) in [5.41, 5.74) is 0.977. The summed E-state index contributed by atoms with van der Waals surface area (Å²) < 4.78 is 6.56. The fraction of sp³-hybridized carbons (Fsp3) is 0. The van der Waals surface area contributed by atoms with E-state index in [1.54, 1.807) is 6.07 Å². The summed E-state index contributed by atoms with van der Waals surface area (Å²) in [5, 5.41) is -0.522. The van der Waals surface area contributed by atoms with E-state index in [0.717, 1.165) is 15.8 Å². The summed E-state index contributed by atoms with van der Waals surface area (Å²) in [6.45, 7) is 0. The SMILES string of the molecule is O=C(Cl)C=Cc1ccc(-c2ccc(Br)cc2)o1. The molecule has 0 N–H and O–H groups in total. The molecular formula is C13H8BrClO2. The first kappa shape index (κ1) is 12.1. The number of furan rings is 1. The summed E-state index contributed by atoms with van der Waals surface area (Å²) in [4.78, 5) is 10.6. The Labute approximate surface area is 112 Å².